The highest BCUT2D eigenvalue weighted by Gasteiger charge is 2.23. The lowest BCUT2D eigenvalue weighted by Gasteiger charge is -2.05. The average molecular weight is 416 g/mol. The van der Waals surface area contributed by atoms with E-state index in [4.69, 9.17) is 14.9 Å². The molecule has 1 aromatic carbocycles. The number of rotatable bonds is 5. The van der Waals surface area contributed by atoms with E-state index in [1.54, 1.807) is 0 Å². The number of nitrogens with zero attached hydrogens (tertiary/aromatic N) is 4. The summed E-state index contributed by atoms with van der Waals surface area (Å²) in [6.07, 6.45) is 0. The molecule has 8 nitrogen and oxygen atoms in total. The fourth-order valence-corrected chi connectivity index (χ4v) is 3.01. The second kappa shape index (κ2) is 6.87. The number of hydrogen-bond donors (Lipinski definition) is 1. The van der Waals surface area contributed by atoms with E-state index in [0.29, 0.717) is 16.5 Å². The van der Waals surface area contributed by atoms with Crippen LogP contribution in [-0.4, -0.2) is 31.8 Å². The first-order valence-corrected chi connectivity index (χ1v) is 8.50. The molecule has 2 heterocycles. The van der Waals surface area contributed by atoms with Gasteiger partial charge in [-0.05, 0) is 51.4 Å². The van der Waals surface area contributed by atoms with Gasteiger partial charge < -0.3 is 5.73 Å². The highest BCUT2D eigenvalue weighted by atomic mass is 79.9. The zero-order valence-corrected chi connectivity index (χ0v) is 14.7. The van der Waals surface area contributed by atoms with Crippen LogP contribution in [0.2, 0.25) is 0 Å². The molecule has 3 rings (SSSR count). The summed E-state index contributed by atoms with van der Waals surface area (Å²) in [5, 5.41) is 11.7. The Bertz CT molecular complexity index is 922. The Morgan fingerprint density at radius 1 is 1.42 bits per heavy atom. The zero-order chi connectivity index (χ0) is 17.3. The second-order valence-electron chi connectivity index (χ2n) is 4.91. The van der Waals surface area contributed by atoms with E-state index in [1.807, 2.05) is 6.92 Å². The van der Waals surface area contributed by atoms with E-state index in [-0.39, 0.29) is 22.0 Å². The molecule has 0 fully saturated rings. The number of nitrogens with two attached hydrogens (primary N) is 1. The van der Waals surface area contributed by atoms with Crippen LogP contribution in [0, 0.1) is 5.82 Å². The van der Waals surface area contributed by atoms with Gasteiger partial charge in [-0.1, -0.05) is 16.9 Å². The normalized spacial score (nSPS) is 12.5. The van der Waals surface area contributed by atoms with Gasteiger partial charge in [0, 0.05) is 11.8 Å². The van der Waals surface area contributed by atoms with Crippen molar-refractivity contribution in [3.8, 4) is 17.2 Å². The van der Waals surface area contributed by atoms with Gasteiger partial charge in [0.05, 0.1) is 10.2 Å². The maximum atomic E-state index is 13.4. The maximum absolute atomic E-state index is 13.4. The molecule has 11 heteroatoms. The molecule has 0 aliphatic heterocycles. The zero-order valence-electron chi connectivity index (χ0n) is 12.3. The lowest BCUT2D eigenvalue weighted by molar-refractivity contribution is 0.299. The first-order valence-electron chi connectivity index (χ1n) is 6.73. The summed E-state index contributed by atoms with van der Waals surface area (Å²) in [4.78, 5) is 12.0. The summed E-state index contributed by atoms with van der Waals surface area (Å²) in [6, 6.07) is 4.01. The molecule has 3 aromatic rings. The molecule has 0 saturated heterocycles. The summed E-state index contributed by atoms with van der Waals surface area (Å²) < 4.78 is 24.3. The van der Waals surface area contributed by atoms with Crippen molar-refractivity contribution in [1.82, 2.24) is 20.0 Å². The van der Waals surface area contributed by atoms with Gasteiger partial charge >= 0.3 is 5.76 Å². The van der Waals surface area contributed by atoms with Gasteiger partial charge in [0.1, 0.15) is 5.82 Å². The van der Waals surface area contributed by atoms with E-state index in [1.165, 1.54) is 30.0 Å². The number of halogens is 2. The van der Waals surface area contributed by atoms with Crippen LogP contribution in [0.25, 0.3) is 17.2 Å². The summed E-state index contributed by atoms with van der Waals surface area (Å²) in [6.45, 7) is 1.85. The molecule has 0 amide bonds. The van der Waals surface area contributed by atoms with E-state index < -0.39 is 11.6 Å². The van der Waals surface area contributed by atoms with Crippen LogP contribution in [0.3, 0.4) is 0 Å². The number of aromatic nitrogens is 4. The van der Waals surface area contributed by atoms with Gasteiger partial charge in [0.2, 0.25) is 5.82 Å². The molecular weight excluding hydrogens is 405 g/mol. The summed E-state index contributed by atoms with van der Waals surface area (Å²) in [7, 11) is 0. The molecule has 1 atom stereocenters. The predicted octanol–water partition coefficient (Wildman–Crippen LogP) is 2.22. The topological polar surface area (TPSA) is 113 Å². The first kappa shape index (κ1) is 16.9. The van der Waals surface area contributed by atoms with Crippen molar-refractivity contribution in [3.63, 3.8) is 0 Å². The lowest BCUT2D eigenvalue weighted by atomic mass is 10.3. The van der Waals surface area contributed by atoms with Crippen molar-refractivity contribution in [2.24, 2.45) is 5.73 Å². The first-order chi connectivity index (χ1) is 11.5. The fourth-order valence-electron chi connectivity index (χ4n) is 1.87. The Hall–Kier alpha value is -1.98. The third-order valence-corrected chi connectivity index (χ3v) is 4.76. The quantitative estimate of drug-likeness (QED) is 0.630. The Kier molecular flexibility index (Phi) is 4.83. The SMILES string of the molecule is CC(N)CSc1nonc1-c1noc(=O)n1-c1ccc(F)c(Br)c1. The molecule has 2 N–H and O–H groups in total. The maximum Gasteiger partial charge on any atom is 0.446 e. The van der Waals surface area contributed by atoms with Crippen LogP contribution in [0.5, 0.6) is 0 Å². The minimum atomic E-state index is -0.741. The molecule has 0 aliphatic carbocycles. The predicted molar refractivity (Wildman–Crippen MR) is 87.4 cm³/mol. The second-order valence-corrected chi connectivity index (χ2v) is 6.78. The highest BCUT2D eigenvalue weighted by Crippen LogP contribution is 2.29. The molecule has 0 bridgehead atoms. The van der Waals surface area contributed by atoms with Gasteiger partial charge in [-0.2, -0.15) is 0 Å². The summed E-state index contributed by atoms with van der Waals surface area (Å²) >= 11 is 4.40. The van der Waals surface area contributed by atoms with Crippen LogP contribution < -0.4 is 11.5 Å². The third-order valence-electron chi connectivity index (χ3n) is 2.92. The van der Waals surface area contributed by atoms with Crippen LogP contribution in [0.4, 0.5) is 4.39 Å². The van der Waals surface area contributed by atoms with Crippen molar-refractivity contribution < 1.29 is 13.5 Å². The monoisotopic (exact) mass is 415 g/mol. The Morgan fingerprint density at radius 2 is 2.21 bits per heavy atom. The molecule has 1 unspecified atom stereocenters. The molecule has 0 saturated carbocycles. The van der Waals surface area contributed by atoms with Gasteiger partial charge in [0.15, 0.2) is 10.7 Å². The van der Waals surface area contributed by atoms with Crippen molar-refractivity contribution >= 4 is 27.7 Å². The minimum Gasteiger partial charge on any atom is -0.327 e. The largest absolute Gasteiger partial charge is 0.446 e. The van der Waals surface area contributed by atoms with Gasteiger partial charge in [0.25, 0.3) is 0 Å². The van der Waals surface area contributed by atoms with Gasteiger partial charge in [-0.3, -0.25) is 4.52 Å². The van der Waals surface area contributed by atoms with Crippen molar-refractivity contribution in [3.05, 3.63) is 39.0 Å². The van der Waals surface area contributed by atoms with E-state index in [0.717, 1.165) is 4.57 Å². The van der Waals surface area contributed by atoms with Crippen LogP contribution in [-0.2, 0) is 0 Å². The van der Waals surface area contributed by atoms with Crippen LogP contribution >= 0.6 is 27.7 Å². The van der Waals surface area contributed by atoms with Crippen LogP contribution in [0.1, 0.15) is 6.92 Å². The standard InChI is InChI=1S/C13H11BrFN5O3S/c1-6(16)5-24-12-10(17-23-19-12)11-18-22-13(21)20(11)7-2-3-9(15)8(14)4-7/h2-4,6H,5,16H2,1H3. The van der Waals surface area contributed by atoms with Crippen LogP contribution in [0.15, 0.2) is 41.6 Å². The van der Waals surface area contributed by atoms with Crippen molar-refractivity contribution in [1.29, 1.82) is 0 Å². The molecule has 24 heavy (non-hydrogen) atoms. The summed E-state index contributed by atoms with van der Waals surface area (Å²) in [5.41, 5.74) is 6.32. The summed E-state index contributed by atoms with van der Waals surface area (Å²) in [5.74, 6) is -0.520. The molecule has 2 aromatic heterocycles. The molecule has 0 spiro atoms. The smallest absolute Gasteiger partial charge is 0.327 e. The highest BCUT2D eigenvalue weighted by molar-refractivity contribution is 9.10. The third kappa shape index (κ3) is 3.28. The molecule has 126 valence electrons. The van der Waals surface area contributed by atoms with Gasteiger partial charge in [-0.25, -0.2) is 18.4 Å². The number of thioether (sulfide) groups is 1. The Labute approximate surface area is 147 Å². The van der Waals surface area contributed by atoms with Crippen molar-refractivity contribution in [2.75, 3.05) is 5.75 Å². The van der Waals surface area contributed by atoms with Crippen molar-refractivity contribution in [2.45, 2.75) is 18.0 Å². The fraction of sp³-hybridized carbons (Fsp3) is 0.231. The van der Waals surface area contributed by atoms with E-state index >= 15 is 0 Å². The number of hydrogen-bond acceptors (Lipinski definition) is 8. The van der Waals surface area contributed by atoms with E-state index in [9.17, 15) is 9.18 Å². The number of benzene rings is 1. The van der Waals surface area contributed by atoms with E-state index in [2.05, 4.69) is 31.4 Å². The minimum absolute atomic E-state index is 0.0629. The Morgan fingerprint density at radius 3 is 2.92 bits per heavy atom. The Balaban J connectivity index is 2.07. The lowest BCUT2D eigenvalue weighted by Crippen LogP contribution is -2.17. The molecule has 0 aliphatic rings. The average Bonchev–Trinajstić information content (AvgIpc) is 3.14. The molecule has 0 radical (unpaired) electrons. The van der Waals surface area contributed by atoms with Gasteiger partial charge in [-0.15, -0.1) is 0 Å². The molecular formula is C13H11BrFN5O3S.